The first kappa shape index (κ1) is 8.71. The van der Waals surface area contributed by atoms with Crippen LogP contribution < -0.4 is 5.73 Å². The third kappa shape index (κ3) is 1.61. The quantitative estimate of drug-likeness (QED) is 0.533. The zero-order valence-electron chi connectivity index (χ0n) is 6.48. The molecule has 0 atom stereocenters. The van der Waals surface area contributed by atoms with Crippen molar-refractivity contribution >= 4 is 5.69 Å². The van der Waals surface area contributed by atoms with Gasteiger partial charge in [-0.2, -0.15) is 0 Å². The molecular weight excluding hydrogens is 160 g/mol. The number of rotatable bonds is 2. The normalized spacial score (nSPS) is 9.83. The van der Waals surface area contributed by atoms with E-state index in [2.05, 4.69) is 6.58 Å². The topological polar surface area (TPSA) is 26.0 Å². The Morgan fingerprint density at radius 3 is 2.58 bits per heavy atom. The molecule has 1 rings (SSSR count). The third-order valence-corrected chi connectivity index (χ3v) is 1.53. The van der Waals surface area contributed by atoms with Crippen molar-refractivity contribution in [2.24, 2.45) is 0 Å². The van der Waals surface area contributed by atoms with Gasteiger partial charge in [0.05, 0.1) is 5.69 Å². The van der Waals surface area contributed by atoms with Crippen LogP contribution in [-0.4, -0.2) is 0 Å². The fraction of sp³-hybridized carbons (Fsp3) is 0.111. The van der Waals surface area contributed by atoms with Crippen LogP contribution in [0.15, 0.2) is 24.8 Å². The van der Waals surface area contributed by atoms with E-state index in [0.29, 0.717) is 6.42 Å². The Balaban J connectivity index is 3.13. The molecule has 1 aromatic rings. The maximum atomic E-state index is 12.9. The summed E-state index contributed by atoms with van der Waals surface area (Å²) in [4.78, 5) is 0. The number of hydrogen-bond donors (Lipinski definition) is 1. The van der Waals surface area contributed by atoms with Crippen LogP contribution in [0.25, 0.3) is 0 Å². The number of anilines is 1. The summed E-state index contributed by atoms with van der Waals surface area (Å²) in [7, 11) is 0. The first-order valence-corrected chi connectivity index (χ1v) is 3.49. The van der Waals surface area contributed by atoms with Gasteiger partial charge in [0.25, 0.3) is 0 Å². The van der Waals surface area contributed by atoms with E-state index in [1.165, 1.54) is 6.08 Å². The zero-order chi connectivity index (χ0) is 9.14. The van der Waals surface area contributed by atoms with E-state index in [-0.39, 0.29) is 11.3 Å². The van der Waals surface area contributed by atoms with E-state index in [1.54, 1.807) is 0 Å². The lowest BCUT2D eigenvalue weighted by Crippen LogP contribution is -1.96. The molecular formula is C9H9F2N. The molecule has 64 valence electrons. The van der Waals surface area contributed by atoms with E-state index in [0.717, 1.165) is 12.1 Å². The molecule has 0 aromatic heterocycles. The van der Waals surface area contributed by atoms with Gasteiger partial charge < -0.3 is 5.73 Å². The summed E-state index contributed by atoms with van der Waals surface area (Å²) in [6, 6.07) is 2.07. The van der Waals surface area contributed by atoms with Crippen LogP contribution in [0.3, 0.4) is 0 Å². The highest BCUT2D eigenvalue weighted by Gasteiger charge is 2.05. The predicted octanol–water partition coefficient (Wildman–Crippen LogP) is 2.28. The van der Waals surface area contributed by atoms with Crippen molar-refractivity contribution in [2.45, 2.75) is 6.42 Å². The summed E-state index contributed by atoms with van der Waals surface area (Å²) in [5.41, 5.74) is 5.25. The lowest BCUT2D eigenvalue weighted by Gasteiger charge is -2.01. The van der Waals surface area contributed by atoms with Crippen molar-refractivity contribution < 1.29 is 8.78 Å². The Hall–Kier alpha value is -1.38. The van der Waals surface area contributed by atoms with Crippen LogP contribution in [0.2, 0.25) is 0 Å². The van der Waals surface area contributed by atoms with Crippen molar-refractivity contribution in [3.63, 3.8) is 0 Å². The predicted molar refractivity (Wildman–Crippen MR) is 44.7 cm³/mol. The molecule has 0 saturated heterocycles. The van der Waals surface area contributed by atoms with Crippen molar-refractivity contribution in [1.82, 2.24) is 0 Å². The van der Waals surface area contributed by atoms with Crippen molar-refractivity contribution in [3.8, 4) is 0 Å². The first-order valence-electron chi connectivity index (χ1n) is 3.49. The van der Waals surface area contributed by atoms with E-state index in [4.69, 9.17) is 5.73 Å². The van der Waals surface area contributed by atoms with Crippen LogP contribution in [0.4, 0.5) is 14.5 Å². The molecule has 12 heavy (non-hydrogen) atoms. The molecule has 1 nitrogen and oxygen atoms in total. The summed E-state index contributed by atoms with van der Waals surface area (Å²) < 4.78 is 25.7. The number of nitrogens with two attached hydrogens (primary N) is 1. The van der Waals surface area contributed by atoms with Crippen molar-refractivity contribution in [3.05, 3.63) is 42.0 Å². The van der Waals surface area contributed by atoms with Gasteiger partial charge in [0, 0.05) is 6.07 Å². The van der Waals surface area contributed by atoms with Gasteiger partial charge in [0.2, 0.25) is 0 Å². The van der Waals surface area contributed by atoms with E-state index in [9.17, 15) is 8.78 Å². The highest BCUT2D eigenvalue weighted by atomic mass is 19.1. The molecule has 0 aliphatic carbocycles. The molecule has 2 N–H and O–H groups in total. The van der Waals surface area contributed by atoms with Gasteiger partial charge in [-0.3, -0.25) is 0 Å². The highest BCUT2D eigenvalue weighted by molar-refractivity contribution is 5.42. The maximum absolute atomic E-state index is 12.9. The number of nitrogen functional groups attached to an aromatic ring is 1. The number of hydrogen-bond acceptors (Lipinski definition) is 1. The molecule has 0 unspecified atom stereocenters. The molecule has 0 spiro atoms. The second kappa shape index (κ2) is 3.34. The summed E-state index contributed by atoms with van der Waals surface area (Å²) >= 11 is 0. The van der Waals surface area contributed by atoms with Gasteiger partial charge in [-0.15, -0.1) is 6.58 Å². The second-order valence-electron chi connectivity index (χ2n) is 2.46. The lowest BCUT2D eigenvalue weighted by atomic mass is 10.1. The smallest absolute Gasteiger partial charge is 0.146 e. The molecule has 3 heteroatoms. The van der Waals surface area contributed by atoms with Gasteiger partial charge >= 0.3 is 0 Å². The Labute approximate surface area is 69.5 Å². The largest absolute Gasteiger partial charge is 0.396 e. The van der Waals surface area contributed by atoms with Crippen LogP contribution in [0.1, 0.15) is 5.56 Å². The molecule has 0 amide bonds. The van der Waals surface area contributed by atoms with Crippen LogP contribution in [-0.2, 0) is 6.42 Å². The fourth-order valence-corrected chi connectivity index (χ4v) is 0.915. The summed E-state index contributed by atoms with van der Waals surface area (Å²) in [6.07, 6.45) is 1.82. The molecule has 0 fully saturated rings. The SMILES string of the molecule is C=CCc1cc(F)c(N)cc1F. The third-order valence-electron chi connectivity index (χ3n) is 1.53. The molecule has 0 aliphatic heterocycles. The van der Waals surface area contributed by atoms with Gasteiger partial charge in [0.1, 0.15) is 11.6 Å². The zero-order valence-corrected chi connectivity index (χ0v) is 6.48. The van der Waals surface area contributed by atoms with Crippen molar-refractivity contribution in [1.29, 1.82) is 0 Å². The lowest BCUT2D eigenvalue weighted by molar-refractivity contribution is 0.593. The summed E-state index contributed by atoms with van der Waals surface area (Å²) in [5.74, 6) is -1.08. The Bertz CT molecular complexity index is 308. The standard InChI is InChI=1S/C9H9F2N/c1-2-3-6-4-8(11)9(12)5-7(6)10/h2,4-5H,1,3,12H2. The first-order chi connectivity index (χ1) is 5.65. The van der Waals surface area contributed by atoms with Crippen LogP contribution in [0, 0.1) is 11.6 Å². The average Bonchev–Trinajstić information content (AvgIpc) is 2.01. The molecule has 0 heterocycles. The van der Waals surface area contributed by atoms with E-state index < -0.39 is 11.6 Å². The Morgan fingerprint density at radius 2 is 2.00 bits per heavy atom. The summed E-state index contributed by atoms with van der Waals surface area (Å²) in [6.45, 7) is 3.43. The Kier molecular flexibility index (Phi) is 2.43. The number of benzene rings is 1. The molecule has 0 radical (unpaired) electrons. The molecule has 1 aromatic carbocycles. The second-order valence-corrected chi connectivity index (χ2v) is 2.46. The Morgan fingerprint density at radius 1 is 1.33 bits per heavy atom. The van der Waals surface area contributed by atoms with Crippen molar-refractivity contribution in [2.75, 3.05) is 5.73 Å². The minimum atomic E-state index is -0.590. The van der Waals surface area contributed by atoms with Gasteiger partial charge in [-0.25, -0.2) is 8.78 Å². The highest BCUT2D eigenvalue weighted by Crippen LogP contribution is 2.16. The van der Waals surface area contributed by atoms with E-state index in [1.807, 2.05) is 0 Å². The van der Waals surface area contributed by atoms with Crippen LogP contribution in [0.5, 0.6) is 0 Å². The molecule has 0 bridgehead atoms. The van der Waals surface area contributed by atoms with Gasteiger partial charge in [-0.05, 0) is 18.1 Å². The average molecular weight is 169 g/mol. The summed E-state index contributed by atoms with van der Waals surface area (Å²) in [5, 5.41) is 0. The van der Waals surface area contributed by atoms with Gasteiger partial charge in [0.15, 0.2) is 0 Å². The molecule has 0 saturated carbocycles. The number of allylic oxidation sites excluding steroid dienone is 1. The van der Waals surface area contributed by atoms with E-state index >= 15 is 0 Å². The molecule has 0 aliphatic rings. The van der Waals surface area contributed by atoms with Gasteiger partial charge in [-0.1, -0.05) is 6.08 Å². The minimum Gasteiger partial charge on any atom is -0.396 e. The maximum Gasteiger partial charge on any atom is 0.146 e. The monoisotopic (exact) mass is 169 g/mol. The minimum absolute atomic E-state index is 0.166. The number of halogens is 2. The fourth-order valence-electron chi connectivity index (χ4n) is 0.915. The van der Waals surface area contributed by atoms with Crippen LogP contribution >= 0.6 is 0 Å².